The third-order valence-electron chi connectivity index (χ3n) is 4.00. The van der Waals surface area contributed by atoms with Crippen LogP contribution in [-0.2, 0) is 13.1 Å². The molecule has 0 fully saturated rings. The lowest BCUT2D eigenvalue weighted by Crippen LogP contribution is -2.14. The average molecular weight is 316 g/mol. The molecule has 7 heteroatoms. The smallest absolute Gasteiger partial charge is 0.312 e. The molecule has 2 aromatic rings. The monoisotopic (exact) mass is 316 g/mol. The topological polar surface area (TPSA) is 83.0 Å². The summed E-state index contributed by atoms with van der Waals surface area (Å²) in [6, 6.07) is 1.83. The summed E-state index contributed by atoms with van der Waals surface area (Å²) in [6.45, 7) is 11.3. The van der Waals surface area contributed by atoms with Crippen LogP contribution in [0.15, 0.2) is 18.7 Å². The second-order valence-corrected chi connectivity index (χ2v) is 5.54. The molecule has 0 saturated carbocycles. The second-order valence-electron chi connectivity index (χ2n) is 5.54. The Bertz CT molecular complexity index is 799. The van der Waals surface area contributed by atoms with Crippen molar-refractivity contribution < 1.29 is 9.72 Å². The van der Waals surface area contributed by atoms with Crippen molar-refractivity contribution in [1.82, 2.24) is 14.3 Å². The molecule has 7 nitrogen and oxygen atoms in total. The molecule has 0 atom stereocenters. The minimum atomic E-state index is -0.464. The van der Waals surface area contributed by atoms with Gasteiger partial charge in [-0.3, -0.25) is 19.6 Å². The second kappa shape index (κ2) is 6.20. The van der Waals surface area contributed by atoms with E-state index in [9.17, 15) is 14.9 Å². The molecule has 0 N–H and O–H groups in total. The molecule has 122 valence electrons. The zero-order valence-electron chi connectivity index (χ0n) is 13.8. The number of nitrogens with zero attached hydrogens (tertiary/aromatic N) is 4. The van der Waals surface area contributed by atoms with E-state index >= 15 is 0 Å². The van der Waals surface area contributed by atoms with Crippen LogP contribution in [0, 0.1) is 37.8 Å². The number of rotatable bonds is 6. The van der Waals surface area contributed by atoms with E-state index in [0.717, 1.165) is 11.4 Å². The van der Waals surface area contributed by atoms with Crippen LogP contribution in [0.5, 0.6) is 0 Å². The first-order chi connectivity index (χ1) is 10.8. The Kier molecular flexibility index (Phi) is 4.49. The highest BCUT2D eigenvalue weighted by Gasteiger charge is 2.24. The van der Waals surface area contributed by atoms with Crippen LogP contribution in [0.3, 0.4) is 0 Å². The predicted octanol–water partition coefficient (Wildman–Crippen LogP) is 2.90. The van der Waals surface area contributed by atoms with Gasteiger partial charge in [-0.25, -0.2) is 0 Å². The van der Waals surface area contributed by atoms with Gasteiger partial charge in [0, 0.05) is 23.5 Å². The molecule has 0 bridgehead atoms. The quantitative estimate of drug-likeness (QED) is 0.355. The maximum absolute atomic E-state index is 12.6. The van der Waals surface area contributed by atoms with Gasteiger partial charge >= 0.3 is 5.69 Å². The van der Waals surface area contributed by atoms with E-state index in [1.807, 2.05) is 24.5 Å². The van der Waals surface area contributed by atoms with Crippen molar-refractivity contribution in [1.29, 1.82) is 0 Å². The molecule has 0 aliphatic rings. The number of aromatic nitrogens is 3. The number of ketones is 1. The first-order valence-corrected chi connectivity index (χ1v) is 7.27. The van der Waals surface area contributed by atoms with Crippen molar-refractivity contribution in [2.45, 2.75) is 40.8 Å². The molecule has 2 heterocycles. The number of Topliss-reactive ketones (excluding diaryl/α,β-unsaturated/α-hetero) is 1. The van der Waals surface area contributed by atoms with Gasteiger partial charge in [0.1, 0.15) is 17.9 Å². The summed E-state index contributed by atoms with van der Waals surface area (Å²) >= 11 is 0. The fraction of sp³-hybridized carbons (Fsp3) is 0.375. The summed E-state index contributed by atoms with van der Waals surface area (Å²) in [5.74, 6) is -0.117. The van der Waals surface area contributed by atoms with Crippen molar-refractivity contribution in [2.75, 3.05) is 0 Å². The van der Waals surface area contributed by atoms with Crippen molar-refractivity contribution in [2.24, 2.45) is 0 Å². The lowest BCUT2D eigenvalue weighted by molar-refractivity contribution is -0.386. The third-order valence-corrected chi connectivity index (χ3v) is 4.00. The number of nitro groups is 1. The Hall–Kier alpha value is -2.70. The van der Waals surface area contributed by atoms with Gasteiger partial charge in [-0.2, -0.15) is 5.10 Å². The SMILES string of the molecule is C=CCn1c(C)cc(C(=O)Cn2nc(C)c([N+](=O)[O-])c2C)c1C. The van der Waals surface area contributed by atoms with E-state index in [-0.39, 0.29) is 18.0 Å². The molecule has 0 aliphatic carbocycles. The van der Waals surface area contributed by atoms with Gasteiger partial charge in [0.05, 0.1) is 4.92 Å². The molecule has 0 radical (unpaired) electrons. The zero-order valence-corrected chi connectivity index (χ0v) is 13.8. The Balaban J connectivity index is 2.34. The van der Waals surface area contributed by atoms with Crippen LogP contribution in [0.4, 0.5) is 5.69 Å². The number of aryl methyl sites for hydroxylation is 2. The molecule has 0 spiro atoms. The van der Waals surface area contributed by atoms with E-state index in [1.165, 1.54) is 4.68 Å². The lowest BCUT2D eigenvalue weighted by Gasteiger charge is -2.07. The van der Waals surface area contributed by atoms with Gasteiger partial charge in [-0.1, -0.05) is 6.08 Å². The number of carbonyl (C=O) groups is 1. The summed E-state index contributed by atoms with van der Waals surface area (Å²) in [4.78, 5) is 23.2. The first kappa shape index (κ1) is 16.7. The Morgan fingerprint density at radius 2 is 2.00 bits per heavy atom. The highest BCUT2D eigenvalue weighted by Crippen LogP contribution is 2.23. The maximum Gasteiger partial charge on any atom is 0.312 e. The normalized spacial score (nSPS) is 10.8. The Labute approximate surface area is 134 Å². The summed E-state index contributed by atoms with van der Waals surface area (Å²) < 4.78 is 3.40. The van der Waals surface area contributed by atoms with E-state index in [4.69, 9.17) is 0 Å². The molecule has 2 rings (SSSR count). The summed E-state index contributed by atoms with van der Waals surface area (Å²) in [6.07, 6.45) is 1.78. The predicted molar refractivity (Wildman–Crippen MR) is 86.8 cm³/mol. The molecule has 0 unspecified atom stereocenters. The van der Waals surface area contributed by atoms with Crippen molar-refractivity contribution >= 4 is 11.5 Å². The summed E-state index contributed by atoms with van der Waals surface area (Å²) in [5.41, 5.74) is 3.13. The molecule has 0 aromatic carbocycles. The van der Waals surface area contributed by atoms with Crippen LogP contribution in [0.25, 0.3) is 0 Å². The van der Waals surface area contributed by atoms with Gasteiger partial charge in [-0.15, -0.1) is 6.58 Å². The van der Waals surface area contributed by atoms with E-state index in [2.05, 4.69) is 11.7 Å². The molecule has 0 aliphatic heterocycles. The molecule has 2 aromatic heterocycles. The number of hydrogen-bond donors (Lipinski definition) is 0. The Morgan fingerprint density at radius 1 is 1.35 bits per heavy atom. The Morgan fingerprint density at radius 3 is 2.52 bits per heavy atom. The van der Waals surface area contributed by atoms with Crippen molar-refractivity contribution in [3.8, 4) is 0 Å². The number of hydrogen-bond acceptors (Lipinski definition) is 4. The molecule has 0 saturated heterocycles. The largest absolute Gasteiger partial charge is 0.345 e. The van der Waals surface area contributed by atoms with E-state index < -0.39 is 4.92 Å². The lowest BCUT2D eigenvalue weighted by atomic mass is 10.1. The van der Waals surface area contributed by atoms with E-state index in [0.29, 0.717) is 23.5 Å². The van der Waals surface area contributed by atoms with Crippen LogP contribution in [0.2, 0.25) is 0 Å². The van der Waals surface area contributed by atoms with Gasteiger partial charge < -0.3 is 4.57 Å². The fourth-order valence-electron chi connectivity index (χ4n) is 2.82. The standard InChI is InChI=1S/C16H20N4O3/c1-6-7-18-10(2)8-14(12(18)4)15(21)9-19-13(5)16(20(22)23)11(3)17-19/h6,8H,1,7,9H2,2-5H3. The van der Waals surface area contributed by atoms with Crippen molar-refractivity contribution in [3.63, 3.8) is 0 Å². The van der Waals surface area contributed by atoms with Gasteiger partial charge in [-0.05, 0) is 33.8 Å². The minimum absolute atomic E-state index is 0.0150. The molecule has 0 amide bonds. The average Bonchev–Trinajstić information content (AvgIpc) is 2.90. The van der Waals surface area contributed by atoms with Crippen molar-refractivity contribution in [3.05, 3.63) is 57.2 Å². The van der Waals surface area contributed by atoms with Crippen LogP contribution in [-0.4, -0.2) is 25.1 Å². The minimum Gasteiger partial charge on any atom is -0.345 e. The molecular weight excluding hydrogens is 296 g/mol. The maximum atomic E-state index is 12.6. The molecular formula is C16H20N4O3. The number of allylic oxidation sites excluding steroid dienone is 1. The van der Waals surface area contributed by atoms with Crippen LogP contribution in [0.1, 0.15) is 33.1 Å². The van der Waals surface area contributed by atoms with Gasteiger partial charge in [0.25, 0.3) is 0 Å². The first-order valence-electron chi connectivity index (χ1n) is 7.27. The highest BCUT2D eigenvalue weighted by molar-refractivity contribution is 5.97. The zero-order chi connectivity index (χ0) is 17.3. The molecule has 23 heavy (non-hydrogen) atoms. The van der Waals surface area contributed by atoms with Crippen LogP contribution >= 0.6 is 0 Å². The van der Waals surface area contributed by atoms with Gasteiger partial charge in [0.15, 0.2) is 5.78 Å². The van der Waals surface area contributed by atoms with Crippen LogP contribution < -0.4 is 0 Å². The third kappa shape index (κ3) is 2.94. The summed E-state index contributed by atoms with van der Waals surface area (Å²) in [5, 5.41) is 15.2. The number of carbonyl (C=O) groups excluding carboxylic acids is 1. The highest BCUT2D eigenvalue weighted by atomic mass is 16.6. The van der Waals surface area contributed by atoms with E-state index in [1.54, 1.807) is 19.9 Å². The fourth-order valence-corrected chi connectivity index (χ4v) is 2.82. The van der Waals surface area contributed by atoms with Gasteiger partial charge in [0.2, 0.25) is 0 Å². The summed E-state index contributed by atoms with van der Waals surface area (Å²) in [7, 11) is 0.